The maximum absolute atomic E-state index is 6.42. The van der Waals surface area contributed by atoms with Crippen LogP contribution in [0, 0.1) is 6.92 Å². The van der Waals surface area contributed by atoms with E-state index in [1.165, 1.54) is 18.2 Å². The Hall–Kier alpha value is -1.31. The number of nitrogens with zero attached hydrogens (tertiary/aromatic N) is 4. The molecule has 2 aromatic heterocycles. The monoisotopic (exact) mass is 379 g/mol. The number of rotatable bonds is 5. The van der Waals surface area contributed by atoms with Crippen LogP contribution in [0.25, 0.3) is 0 Å². The molecule has 0 amide bonds. The number of thioether (sulfide) groups is 1. The Morgan fingerprint density at radius 2 is 2.12 bits per heavy atom. The Balaban J connectivity index is 1.63. The molecule has 1 atom stereocenters. The zero-order chi connectivity index (χ0) is 17.4. The Kier molecular flexibility index (Phi) is 4.88. The molecule has 8 heteroatoms. The van der Waals surface area contributed by atoms with Crippen molar-refractivity contribution in [2.45, 2.75) is 56.3 Å². The second-order valence-electron chi connectivity index (χ2n) is 6.60. The lowest BCUT2D eigenvalue weighted by atomic mass is 10.2. The predicted octanol–water partition coefficient (Wildman–Crippen LogP) is 4.68. The molecule has 2 aromatic rings. The molecule has 134 valence electrons. The van der Waals surface area contributed by atoms with Gasteiger partial charge < -0.3 is 10.1 Å². The minimum Gasteiger partial charge on any atom is -0.357 e. The van der Waals surface area contributed by atoms with Gasteiger partial charge in [-0.15, -0.1) is 0 Å². The Morgan fingerprint density at radius 3 is 2.80 bits per heavy atom. The van der Waals surface area contributed by atoms with Crippen LogP contribution in [0.15, 0.2) is 11.2 Å². The van der Waals surface area contributed by atoms with E-state index in [9.17, 15) is 0 Å². The summed E-state index contributed by atoms with van der Waals surface area (Å²) in [5.41, 5.74) is 2.09. The number of hydrogen-bond donors (Lipinski definition) is 1. The number of ether oxygens (including phenoxy) is 1. The molecular formula is C17H22ClN5OS. The lowest BCUT2D eigenvalue weighted by molar-refractivity contribution is -0.0404. The van der Waals surface area contributed by atoms with Crippen LogP contribution in [0.5, 0.6) is 0 Å². The number of nitrogens with one attached hydrogen (secondary N) is 1. The largest absolute Gasteiger partial charge is 0.357 e. The van der Waals surface area contributed by atoms with Gasteiger partial charge >= 0.3 is 0 Å². The van der Waals surface area contributed by atoms with Crippen molar-refractivity contribution in [3.8, 4) is 0 Å². The minimum absolute atomic E-state index is 0.0305. The van der Waals surface area contributed by atoms with E-state index in [0.29, 0.717) is 16.2 Å². The third kappa shape index (κ3) is 3.64. The van der Waals surface area contributed by atoms with Gasteiger partial charge in [0.2, 0.25) is 0 Å². The van der Waals surface area contributed by atoms with Crippen LogP contribution >= 0.6 is 23.4 Å². The van der Waals surface area contributed by atoms with Gasteiger partial charge in [-0.25, -0.2) is 14.6 Å². The number of halogens is 1. The molecule has 1 saturated carbocycles. The van der Waals surface area contributed by atoms with Crippen molar-refractivity contribution in [2.75, 3.05) is 18.2 Å². The highest BCUT2D eigenvalue weighted by atomic mass is 35.5. The van der Waals surface area contributed by atoms with E-state index >= 15 is 0 Å². The predicted molar refractivity (Wildman–Crippen MR) is 99.9 cm³/mol. The zero-order valence-electron chi connectivity index (χ0n) is 14.5. The summed E-state index contributed by atoms with van der Waals surface area (Å²) >= 11 is 7.91. The van der Waals surface area contributed by atoms with Gasteiger partial charge in [0.1, 0.15) is 11.0 Å². The van der Waals surface area contributed by atoms with Crippen molar-refractivity contribution in [2.24, 2.45) is 0 Å². The summed E-state index contributed by atoms with van der Waals surface area (Å²) in [6.07, 6.45) is 7.57. The maximum Gasteiger partial charge on any atom is 0.190 e. The van der Waals surface area contributed by atoms with E-state index in [2.05, 4.69) is 22.2 Å². The van der Waals surface area contributed by atoms with E-state index < -0.39 is 0 Å². The highest BCUT2D eigenvalue weighted by Gasteiger charge is 2.31. The molecule has 2 fully saturated rings. The fraction of sp³-hybridized carbons (Fsp3) is 0.588. The van der Waals surface area contributed by atoms with Crippen LogP contribution in [0.4, 0.5) is 11.6 Å². The number of hydrogen-bond acceptors (Lipinski definition) is 6. The molecule has 1 aliphatic carbocycles. The highest BCUT2D eigenvalue weighted by Crippen LogP contribution is 2.46. The van der Waals surface area contributed by atoms with E-state index in [0.717, 1.165) is 55.2 Å². The first-order chi connectivity index (χ1) is 12.2. The molecule has 6 nitrogen and oxygen atoms in total. The van der Waals surface area contributed by atoms with Crippen molar-refractivity contribution >= 4 is 35.0 Å². The maximum atomic E-state index is 6.42. The third-order valence-electron chi connectivity index (χ3n) is 4.64. The van der Waals surface area contributed by atoms with E-state index in [-0.39, 0.29) is 6.23 Å². The zero-order valence-corrected chi connectivity index (χ0v) is 16.0. The minimum atomic E-state index is 0.0305. The highest BCUT2D eigenvalue weighted by molar-refractivity contribution is 7.98. The summed E-state index contributed by atoms with van der Waals surface area (Å²) in [6, 6.07) is 2.03. The fourth-order valence-electron chi connectivity index (χ4n) is 3.22. The second kappa shape index (κ2) is 7.13. The van der Waals surface area contributed by atoms with Crippen molar-refractivity contribution < 1.29 is 4.74 Å². The van der Waals surface area contributed by atoms with Gasteiger partial charge in [0.25, 0.3) is 0 Å². The normalized spacial score (nSPS) is 20.7. The molecule has 4 rings (SSSR count). The first-order valence-corrected chi connectivity index (χ1v) is 10.3. The van der Waals surface area contributed by atoms with Gasteiger partial charge in [0.15, 0.2) is 17.2 Å². The fourth-order valence-corrected chi connectivity index (χ4v) is 3.96. The average Bonchev–Trinajstić information content (AvgIpc) is 3.38. The van der Waals surface area contributed by atoms with Crippen LogP contribution in [-0.4, -0.2) is 32.6 Å². The van der Waals surface area contributed by atoms with Crippen LogP contribution in [-0.2, 0) is 4.74 Å². The molecule has 0 bridgehead atoms. The molecular weight excluding hydrogens is 358 g/mol. The van der Waals surface area contributed by atoms with E-state index in [1.807, 2.05) is 17.0 Å². The topological polar surface area (TPSA) is 64.9 Å². The van der Waals surface area contributed by atoms with Gasteiger partial charge in [-0.1, -0.05) is 23.4 Å². The van der Waals surface area contributed by atoms with E-state index in [1.54, 1.807) is 0 Å². The summed E-state index contributed by atoms with van der Waals surface area (Å²) in [7, 11) is 0. The smallest absolute Gasteiger partial charge is 0.190 e. The van der Waals surface area contributed by atoms with Gasteiger partial charge in [-0.2, -0.15) is 5.10 Å². The Labute approximate surface area is 156 Å². The summed E-state index contributed by atoms with van der Waals surface area (Å²) in [4.78, 5) is 9.02. The van der Waals surface area contributed by atoms with Crippen molar-refractivity contribution in [1.29, 1.82) is 0 Å². The van der Waals surface area contributed by atoms with Crippen LogP contribution in [0.1, 0.15) is 55.5 Å². The van der Waals surface area contributed by atoms with Crippen molar-refractivity contribution in [3.63, 3.8) is 0 Å². The number of aromatic nitrogens is 4. The van der Waals surface area contributed by atoms with Gasteiger partial charge in [0, 0.05) is 23.9 Å². The second-order valence-corrected chi connectivity index (χ2v) is 7.73. The molecule has 1 N–H and O–H groups in total. The Morgan fingerprint density at radius 1 is 1.28 bits per heavy atom. The molecule has 25 heavy (non-hydrogen) atoms. The van der Waals surface area contributed by atoms with E-state index in [4.69, 9.17) is 21.4 Å². The van der Waals surface area contributed by atoms with Gasteiger partial charge in [-0.05, 0) is 51.2 Å². The summed E-state index contributed by atoms with van der Waals surface area (Å²) in [6.45, 7) is 2.86. The van der Waals surface area contributed by atoms with Crippen LogP contribution < -0.4 is 5.32 Å². The van der Waals surface area contributed by atoms with Gasteiger partial charge in [-0.3, -0.25) is 0 Å². The lowest BCUT2D eigenvalue weighted by Gasteiger charge is -2.23. The first kappa shape index (κ1) is 17.1. The molecule has 3 heterocycles. The van der Waals surface area contributed by atoms with Gasteiger partial charge in [0.05, 0.1) is 0 Å². The average molecular weight is 380 g/mol. The lowest BCUT2D eigenvalue weighted by Crippen LogP contribution is -2.20. The molecule has 1 unspecified atom stereocenters. The number of aryl methyl sites for hydroxylation is 1. The number of anilines is 2. The molecule has 1 aliphatic heterocycles. The first-order valence-electron chi connectivity index (χ1n) is 8.72. The molecule has 0 spiro atoms. The summed E-state index contributed by atoms with van der Waals surface area (Å²) < 4.78 is 7.83. The summed E-state index contributed by atoms with van der Waals surface area (Å²) in [5, 5.41) is 9.30. The summed E-state index contributed by atoms with van der Waals surface area (Å²) in [5.74, 6) is 2.01. The quantitative estimate of drug-likeness (QED) is 0.462. The SMILES string of the molecule is CSc1nc(Cl)c(C2CC2)c(Nc2cc(C)n(C3CCCCO3)n2)n1. The van der Waals surface area contributed by atoms with Crippen molar-refractivity contribution in [1.82, 2.24) is 19.7 Å². The third-order valence-corrected chi connectivity index (χ3v) is 5.48. The van der Waals surface area contributed by atoms with Crippen LogP contribution in [0.3, 0.4) is 0 Å². The molecule has 0 radical (unpaired) electrons. The Bertz CT molecular complexity index is 771. The molecule has 2 aliphatic rings. The molecule has 1 saturated heterocycles. The standard InChI is InChI=1S/C17H22ClN5OS/c1-10-9-12(22-23(10)13-5-3-4-8-24-13)19-16-14(11-6-7-11)15(18)20-17(21-16)25-2/h9,11,13H,3-8H2,1-2H3,(H,19,20,21,22). The van der Waals surface area contributed by atoms with Crippen molar-refractivity contribution in [3.05, 3.63) is 22.5 Å². The molecule has 0 aromatic carbocycles. The van der Waals surface area contributed by atoms with Crippen LogP contribution in [0.2, 0.25) is 5.15 Å².